The Bertz CT molecular complexity index is 478. The van der Waals surface area contributed by atoms with Crippen LogP contribution in [0.15, 0.2) is 30.3 Å². The van der Waals surface area contributed by atoms with Gasteiger partial charge in [0.15, 0.2) is 0 Å². The highest BCUT2D eigenvalue weighted by Gasteiger charge is 2.46. The van der Waals surface area contributed by atoms with Gasteiger partial charge in [0.2, 0.25) is 5.54 Å². The summed E-state index contributed by atoms with van der Waals surface area (Å²) in [4.78, 5) is 24.2. The van der Waals surface area contributed by atoms with E-state index in [0.29, 0.717) is 0 Å². The van der Waals surface area contributed by atoms with Gasteiger partial charge in [-0.1, -0.05) is 30.3 Å². The van der Waals surface area contributed by atoms with Crippen molar-refractivity contribution in [3.05, 3.63) is 35.9 Å². The summed E-state index contributed by atoms with van der Waals surface area (Å²) in [6.07, 6.45) is 0.0232. The van der Waals surface area contributed by atoms with Crippen molar-refractivity contribution >= 4 is 11.9 Å². The van der Waals surface area contributed by atoms with Gasteiger partial charge in [0.25, 0.3) is 0 Å². The van der Waals surface area contributed by atoms with E-state index in [1.165, 1.54) is 7.11 Å². The number of esters is 2. The SMILES string of the molecule is COC(=O)C(N)(Cc1ccccc1)C(=O)OC(C)(C)C. The molecule has 5 heteroatoms. The van der Waals surface area contributed by atoms with Crippen LogP contribution in [0.1, 0.15) is 26.3 Å². The number of rotatable bonds is 4. The number of ether oxygens (including phenoxy) is 2. The first-order valence-electron chi connectivity index (χ1n) is 6.34. The second kappa shape index (κ2) is 6.05. The zero-order valence-corrected chi connectivity index (χ0v) is 12.3. The molecule has 0 amide bonds. The fourth-order valence-corrected chi connectivity index (χ4v) is 1.70. The molecule has 0 spiro atoms. The molecule has 1 aromatic rings. The fourth-order valence-electron chi connectivity index (χ4n) is 1.70. The topological polar surface area (TPSA) is 78.6 Å². The minimum atomic E-state index is -1.84. The second-order valence-corrected chi connectivity index (χ2v) is 5.63. The third-order valence-electron chi connectivity index (χ3n) is 2.64. The molecule has 1 aromatic carbocycles. The van der Waals surface area contributed by atoms with Crippen LogP contribution in [0, 0.1) is 0 Å². The molecule has 0 saturated heterocycles. The predicted molar refractivity (Wildman–Crippen MR) is 74.9 cm³/mol. The molecule has 110 valence electrons. The van der Waals surface area contributed by atoms with Crippen LogP contribution in [0.5, 0.6) is 0 Å². The summed E-state index contributed by atoms with van der Waals surface area (Å²) in [6, 6.07) is 9.03. The highest BCUT2D eigenvalue weighted by Crippen LogP contribution is 2.19. The van der Waals surface area contributed by atoms with Gasteiger partial charge in [-0.15, -0.1) is 0 Å². The third-order valence-corrected chi connectivity index (χ3v) is 2.64. The summed E-state index contributed by atoms with van der Waals surface area (Å²) in [5.41, 5.74) is 4.17. The van der Waals surface area contributed by atoms with Gasteiger partial charge in [0, 0.05) is 6.42 Å². The number of hydrogen-bond acceptors (Lipinski definition) is 5. The summed E-state index contributed by atoms with van der Waals surface area (Å²) in [5, 5.41) is 0. The molecule has 0 aliphatic carbocycles. The van der Waals surface area contributed by atoms with Crippen LogP contribution in [0.25, 0.3) is 0 Å². The molecule has 1 unspecified atom stereocenters. The quantitative estimate of drug-likeness (QED) is 0.666. The van der Waals surface area contributed by atoms with Crippen LogP contribution in [0.4, 0.5) is 0 Å². The number of benzene rings is 1. The van der Waals surface area contributed by atoms with Gasteiger partial charge in [0.1, 0.15) is 5.60 Å². The van der Waals surface area contributed by atoms with Crippen LogP contribution in [-0.2, 0) is 25.5 Å². The minimum Gasteiger partial charge on any atom is -0.467 e. The minimum absolute atomic E-state index is 0.0232. The summed E-state index contributed by atoms with van der Waals surface area (Å²) >= 11 is 0. The Morgan fingerprint density at radius 3 is 2.10 bits per heavy atom. The largest absolute Gasteiger partial charge is 0.467 e. The standard InChI is InChI=1S/C15H21NO4/c1-14(2,3)20-13(18)15(16,12(17)19-4)10-11-8-6-5-7-9-11/h5-9H,10,16H2,1-4H3. The Kier molecular flexibility index (Phi) is 4.89. The number of nitrogens with two attached hydrogens (primary N) is 1. The molecule has 0 aliphatic rings. The van der Waals surface area contributed by atoms with E-state index in [2.05, 4.69) is 4.74 Å². The first-order valence-corrected chi connectivity index (χ1v) is 6.34. The van der Waals surface area contributed by atoms with E-state index in [1.807, 2.05) is 18.2 Å². The average Bonchev–Trinajstić information content (AvgIpc) is 2.36. The molecular weight excluding hydrogens is 258 g/mol. The van der Waals surface area contributed by atoms with Gasteiger partial charge in [0.05, 0.1) is 7.11 Å². The first-order chi connectivity index (χ1) is 9.19. The lowest BCUT2D eigenvalue weighted by atomic mass is 9.91. The molecule has 1 atom stereocenters. The predicted octanol–water partition coefficient (Wildman–Crippen LogP) is 1.44. The summed E-state index contributed by atoms with van der Waals surface area (Å²) in [6.45, 7) is 5.14. The molecule has 20 heavy (non-hydrogen) atoms. The maximum atomic E-state index is 12.2. The molecule has 0 bridgehead atoms. The van der Waals surface area contributed by atoms with E-state index >= 15 is 0 Å². The van der Waals surface area contributed by atoms with Crippen LogP contribution < -0.4 is 5.73 Å². The maximum absolute atomic E-state index is 12.2. The Morgan fingerprint density at radius 2 is 1.65 bits per heavy atom. The number of carbonyl (C=O) groups is 2. The molecule has 0 aromatic heterocycles. The molecule has 1 rings (SSSR count). The number of carbonyl (C=O) groups excluding carboxylic acids is 2. The summed E-state index contributed by atoms with van der Waals surface area (Å²) in [5.74, 6) is -1.60. The Morgan fingerprint density at radius 1 is 1.10 bits per heavy atom. The van der Waals surface area contributed by atoms with Crippen molar-refractivity contribution in [2.75, 3.05) is 7.11 Å². The van der Waals surface area contributed by atoms with E-state index in [4.69, 9.17) is 10.5 Å². The highest BCUT2D eigenvalue weighted by molar-refractivity contribution is 6.05. The van der Waals surface area contributed by atoms with E-state index in [9.17, 15) is 9.59 Å². The van der Waals surface area contributed by atoms with E-state index in [-0.39, 0.29) is 6.42 Å². The van der Waals surface area contributed by atoms with E-state index in [0.717, 1.165) is 5.56 Å². The van der Waals surface area contributed by atoms with Crippen molar-refractivity contribution in [3.63, 3.8) is 0 Å². The van der Waals surface area contributed by atoms with Gasteiger partial charge in [-0.05, 0) is 26.3 Å². The fraction of sp³-hybridized carbons (Fsp3) is 0.467. The lowest BCUT2D eigenvalue weighted by Gasteiger charge is -2.29. The molecule has 5 nitrogen and oxygen atoms in total. The molecule has 0 aliphatic heterocycles. The summed E-state index contributed by atoms with van der Waals surface area (Å²) < 4.78 is 9.89. The lowest BCUT2D eigenvalue weighted by Crippen LogP contribution is -2.59. The first kappa shape index (κ1) is 16.2. The van der Waals surface area contributed by atoms with Gasteiger partial charge in [-0.2, -0.15) is 0 Å². The van der Waals surface area contributed by atoms with Crippen molar-refractivity contribution < 1.29 is 19.1 Å². The lowest BCUT2D eigenvalue weighted by molar-refractivity contribution is -0.170. The van der Waals surface area contributed by atoms with Crippen LogP contribution >= 0.6 is 0 Å². The molecular formula is C15H21NO4. The molecule has 0 radical (unpaired) electrons. The van der Waals surface area contributed by atoms with Crippen molar-refractivity contribution in [2.45, 2.75) is 38.3 Å². The molecule has 0 fully saturated rings. The van der Waals surface area contributed by atoms with E-state index < -0.39 is 23.1 Å². The van der Waals surface area contributed by atoms with Crippen molar-refractivity contribution in [2.24, 2.45) is 5.73 Å². The monoisotopic (exact) mass is 279 g/mol. The number of hydrogen-bond donors (Lipinski definition) is 1. The van der Waals surface area contributed by atoms with Crippen LogP contribution in [0.2, 0.25) is 0 Å². The highest BCUT2D eigenvalue weighted by atomic mass is 16.6. The molecule has 0 heterocycles. The van der Waals surface area contributed by atoms with Crippen molar-refractivity contribution in [1.82, 2.24) is 0 Å². The Labute approximate surface area is 119 Å². The maximum Gasteiger partial charge on any atom is 0.338 e. The Hall–Kier alpha value is -1.88. The van der Waals surface area contributed by atoms with E-state index in [1.54, 1.807) is 32.9 Å². The summed E-state index contributed by atoms with van der Waals surface area (Å²) in [7, 11) is 1.19. The number of methoxy groups -OCH3 is 1. The van der Waals surface area contributed by atoms with Gasteiger partial charge < -0.3 is 15.2 Å². The third kappa shape index (κ3) is 4.06. The molecule has 0 saturated carbocycles. The normalized spacial score (nSPS) is 14.2. The Balaban J connectivity index is 3.04. The molecule has 2 N–H and O–H groups in total. The van der Waals surface area contributed by atoms with Crippen LogP contribution in [0.3, 0.4) is 0 Å². The van der Waals surface area contributed by atoms with Crippen molar-refractivity contribution in [1.29, 1.82) is 0 Å². The zero-order valence-electron chi connectivity index (χ0n) is 12.3. The zero-order chi connectivity index (χ0) is 15.4. The average molecular weight is 279 g/mol. The van der Waals surface area contributed by atoms with Gasteiger partial charge >= 0.3 is 11.9 Å². The smallest absolute Gasteiger partial charge is 0.338 e. The van der Waals surface area contributed by atoms with Crippen LogP contribution in [-0.4, -0.2) is 30.2 Å². The second-order valence-electron chi connectivity index (χ2n) is 5.63. The van der Waals surface area contributed by atoms with Gasteiger partial charge in [-0.3, -0.25) is 0 Å². The van der Waals surface area contributed by atoms with Gasteiger partial charge in [-0.25, -0.2) is 9.59 Å². The van der Waals surface area contributed by atoms with Crippen molar-refractivity contribution in [3.8, 4) is 0 Å².